The molecule has 2 rings (SSSR count). The number of nitrogens with one attached hydrogen (secondary N) is 1. The summed E-state index contributed by atoms with van der Waals surface area (Å²) in [4.78, 5) is 22.8. The predicted molar refractivity (Wildman–Crippen MR) is 88.1 cm³/mol. The molecule has 0 aliphatic heterocycles. The Morgan fingerprint density at radius 3 is 2.39 bits per heavy atom. The van der Waals surface area contributed by atoms with Gasteiger partial charge in [0.15, 0.2) is 0 Å². The minimum Gasteiger partial charge on any atom is -0.423 e. The summed E-state index contributed by atoms with van der Waals surface area (Å²) in [6, 6.07) is 6.58. The highest BCUT2D eigenvalue weighted by Gasteiger charge is 2.07. The number of carbonyl (C=O) groups excluding carboxylic acids is 2. The van der Waals surface area contributed by atoms with Crippen molar-refractivity contribution in [1.82, 2.24) is 9.78 Å². The largest absolute Gasteiger partial charge is 0.423 e. The van der Waals surface area contributed by atoms with Gasteiger partial charge in [0.25, 0.3) is 0 Å². The normalized spacial score (nSPS) is 10.8. The Bertz CT molecular complexity index is 758. The van der Waals surface area contributed by atoms with Gasteiger partial charge in [-0.3, -0.25) is 9.48 Å². The molecule has 1 amide bonds. The van der Waals surface area contributed by atoms with Crippen LogP contribution in [0.15, 0.2) is 30.3 Å². The maximum atomic E-state index is 11.9. The maximum absolute atomic E-state index is 11.9. The predicted octanol–water partition coefficient (Wildman–Crippen LogP) is 2.61. The van der Waals surface area contributed by atoms with Crippen LogP contribution in [0.1, 0.15) is 23.9 Å². The maximum Gasteiger partial charge on any atom is 0.336 e. The number of ether oxygens (including phenoxy) is 1. The Hall–Kier alpha value is -2.89. The summed E-state index contributed by atoms with van der Waals surface area (Å²) in [6.45, 7) is 5.26. The number of hydrogen-bond acceptors (Lipinski definition) is 4. The molecule has 120 valence electrons. The molecule has 6 nitrogen and oxygen atoms in total. The van der Waals surface area contributed by atoms with Crippen molar-refractivity contribution in [2.24, 2.45) is 7.05 Å². The Balaban J connectivity index is 2.01. The van der Waals surface area contributed by atoms with Gasteiger partial charge in [0.1, 0.15) is 5.75 Å². The average molecular weight is 313 g/mol. The molecule has 0 spiro atoms. The van der Waals surface area contributed by atoms with Gasteiger partial charge in [-0.15, -0.1) is 0 Å². The number of amides is 1. The molecule has 0 bridgehead atoms. The number of carbonyl (C=O) groups is 2. The zero-order chi connectivity index (χ0) is 17.0. The van der Waals surface area contributed by atoms with Crippen LogP contribution in [0.4, 0.5) is 5.69 Å². The lowest BCUT2D eigenvalue weighted by molar-refractivity contribution is -0.128. The number of esters is 1. The molecule has 0 saturated carbocycles. The first-order valence-corrected chi connectivity index (χ1v) is 7.14. The molecule has 1 heterocycles. The van der Waals surface area contributed by atoms with Crippen LogP contribution in [0.5, 0.6) is 5.75 Å². The van der Waals surface area contributed by atoms with Crippen molar-refractivity contribution in [3.8, 4) is 5.75 Å². The van der Waals surface area contributed by atoms with E-state index < -0.39 is 5.97 Å². The van der Waals surface area contributed by atoms with Crippen molar-refractivity contribution in [1.29, 1.82) is 0 Å². The second-order valence-corrected chi connectivity index (χ2v) is 5.17. The van der Waals surface area contributed by atoms with E-state index in [1.54, 1.807) is 35.0 Å². The van der Waals surface area contributed by atoms with Crippen LogP contribution < -0.4 is 10.1 Å². The smallest absolute Gasteiger partial charge is 0.336 e. The third-order valence-electron chi connectivity index (χ3n) is 3.34. The minimum atomic E-state index is -0.472. The third-order valence-corrected chi connectivity index (χ3v) is 3.34. The second-order valence-electron chi connectivity index (χ2n) is 5.17. The van der Waals surface area contributed by atoms with Crippen LogP contribution >= 0.6 is 0 Å². The van der Waals surface area contributed by atoms with Gasteiger partial charge in [-0.1, -0.05) is 0 Å². The quantitative estimate of drug-likeness (QED) is 0.535. The second kappa shape index (κ2) is 6.91. The highest BCUT2D eigenvalue weighted by atomic mass is 16.5. The molecule has 23 heavy (non-hydrogen) atoms. The third kappa shape index (κ3) is 4.29. The monoisotopic (exact) mass is 313 g/mol. The fourth-order valence-electron chi connectivity index (χ4n) is 2.14. The molecule has 0 aliphatic rings. The molecule has 1 aromatic heterocycles. The van der Waals surface area contributed by atoms with E-state index in [-0.39, 0.29) is 5.91 Å². The average Bonchev–Trinajstić information content (AvgIpc) is 2.72. The summed E-state index contributed by atoms with van der Waals surface area (Å²) >= 11 is 0. The highest BCUT2D eigenvalue weighted by molar-refractivity contribution is 5.90. The van der Waals surface area contributed by atoms with Crippen molar-refractivity contribution in [2.45, 2.75) is 20.8 Å². The van der Waals surface area contributed by atoms with E-state index in [0.29, 0.717) is 11.4 Å². The van der Waals surface area contributed by atoms with Crippen LogP contribution in [0.2, 0.25) is 0 Å². The number of anilines is 1. The summed E-state index contributed by atoms with van der Waals surface area (Å²) in [5.41, 5.74) is 3.39. The number of aryl methyl sites for hydroxylation is 2. The number of benzene rings is 1. The van der Waals surface area contributed by atoms with E-state index in [0.717, 1.165) is 17.0 Å². The molecule has 0 aliphatic carbocycles. The molecule has 2 aromatic rings. The number of aromatic nitrogens is 2. The summed E-state index contributed by atoms with van der Waals surface area (Å²) in [5.74, 6) is -0.215. The van der Waals surface area contributed by atoms with E-state index in [4.69, 9.17) is 4.74 Å². The van der Waals surface area contributed by atoms with Crippen molar-refractivity contribution in [2.75, 3.05) is 5.32 Å². The molecule has 0 radical (unpaired) electrons. The first-order chi connectivity index (χ1) is 10.9. The Morgan fingerprint density at radius 2 is 1.87 bits per heavy atom. The molecule has 0 atom stereocenters. The fraction of sp³-hybridized carbons (Fsp3) is 0.235. The van der Waals surface area contributed by atoms with Crippen molar-refractivity contribution in [3.63, 3.8) is 0 Å². The van der Waals surface area contributed by atoms with Gasteiger partial charge in [0, 0.05) is 37.0 Å². The van der Waals surface area contributed by atoms with E-state index in [2.05, 4.69) is 10.4 Å². The summed E-state index contributed by atoms with van der Waals surface area (Å²) < 4.78 is 6.98. The summed E-state index contributed by atoms with van der Waals surface area (Å²) in [5, 5.41) is 6.93. The molecular weight excluding hydrogens is 294 g/mol. The topological polar surface area (TPSA) is 73.2 Å². The van der Waals surface area contributed by atoms with Crippen LogP contribution in [-0.4, -0.2) is 21.7 Å². The number of nitrogens with zero attached hydrogens (tertiary/aromatic N) is 2. The number of hydrogen-bond donors (Lipinski definition) is 1. The lowest BCUT2D eigenvalue weighted by Gasteiger charge is -2.04. The Morgan fingerprint density at radius 1 is 1.22 bits per heavy atom. The van der Waals surface area contributed by atoms with Crippen molar-refractivity contribution < 1.29 is 14.3 Å². The van der Waals surface area contributed by atoms with E-state index in [1.807, 2.05) is 20.9 Å². The molecule has 0 unspecified atom stereocenters. The van der Waals surface area contributed by atoms with Crippen LogP contribution in [-0.2, 0) is 16.6 Å². The van der Waals surface area contributed by atoms with Crippen LogP contribution in [0.3, 0.4) is 0 Å². The zero-order valence-electron chi connectivity index (χ0n) is 13.6. The first kappa shape index (κ1) is 16.5. The Labute approximate surface area is 134 Å². The van der Waals surface area contributed by atoms with E-state index in [9.17, 15) is 9.59 Å². The molecular formula is C17H19N3O3. The zero-order valence-corrected chi connectivity index (χ0v) is 13.6. The van der Waals surface area contributed by atoms with Crippen LogP contribution in [0, 0.1) is 13.8 Å². The molecule has 0 fully saturated rings. The SMILES string of the molecule is CC(=O)Nc1ccc(OC(=O)/C=C/c2c(C)nn(C)c2C)cc1. The van der Waals surface area contributed by atoms with E-state index in [1.165, 1.54) is 13.0 Å². The Kier molecular flexibility index (Phi) is 4.95. The lowest BCUT2D eigenvalue weighted by atomic mass is 10.2. The number of rotatable bonds is 4. The first-order valence-electron chi connectivity index (χ1n) is 7.14. The summed E-state index contributed by atoms with van der Waals surface area (Å²) in [6.07, 6.45) is 3.07. The standard InChI is InChI=1S/C17H19N3O3/c1-11-16(12(2)20(4)19-11)9-10-17(22)23-15-7-5-14(6-8-15)18-13(3)21/h5-10H,1-4H3,(H,18,21)/b10-9+. The fourth-order valence-corrected chi connectivity index (χ4v) is 2.14. The summed E-state index contributed by atoms with van der Waals surface area (Å²) in [7, 11) is 1.86. The van der Waals surface area contributed by atoms with Gasteiger partial charge in [0.05, 0.1) is 5.69 Å². The lowest BCUT2D eigenvalue weighted by Crippen LogP contribution is -2.06. The molecule has 1 N–H and O–H groups in total. The van der Waals surface area contributed by atoms with Crippen molar-refractivity contribution in [3.05, 3.63) is 47.3 Å². The molecule has 1 aromatic carbocycles. The highest BCUT2D eigenvalue weighted by Crippen LogP contribution is 2.17. The van der Waals surface area contributed by atoms with Crippen LogP contribution in [0.25, 0.3) is 6.08 Å². The van der Waals surface area contributed by atoms with Gasteiger partial charge in [-0.25, -0.2) is 4.79 Å². The minimum absolute atomic E-state index is 0.153. The van der Waals surface area contributed by atoms with Crippen molar-refractivity contribution >= 4 is 23.6 Å². The van der Waals surface area contributed by atoms with Gasteiger partial charge >= 0.3 is 5.97 Å². The van der Waals surface area contributed by atoms with Gasteiger partial charge in [-0.05, 0) is 44.2 Å². The van der Waals surface area contributed by atoms with Gasteiger partial charge in [-0.2, -0.15) is 5.10 Å². The van der Waals surface area contributed by atoms with E-state index >= 15 is 0 Å². The molecule has 0 saturated heterocycles. The van der Waals surface area contributed by atoms with Gasteiger partial charge < -0.3 is 10.1 Å². The molecule has 6 heteroatoms. The van der Waals surface area contributed by atoms with Gasteiger partial charge in [0.2, 0.25) is 5.91 Å².